The van der Waals surface area contributed by atoms with E-state index in [1.54, 1.807) is 0 Å². The highest BCUT2D eigenvalue weighted by Crippen LogP contribution is 2.06. The fraction of sp³-hybridized carbons (Fsp3) is 0.714. The minimum absolute atomic E-state index is 0.411. The summed E-state index contributed by atoms with van der Waals surface area (Å²) in [6.07, 6.45) is 1.85. The van der Waals surface area contributed by atoms with Gasteiger partial charge < -0.3 is 10.6 Å². The van der Waals surface area contributed by atoms with Gasteiger partial charge in [-0.15, -0.1) is 0 Å². The summed E-state index contributed by atoms with van der Waals surface area (Å²) in [6.45, 7) is 1.02. The molecule has 0 aliphatic rings. The van der Waals surface area contributed by atoms with Gasteiger partial charge in [0.05, 0.1) is 0 Å². The molecule has 0 saturated heterocycles. The Morgan fingerprint density at radius 3 is 2.67 bits per heavy atom. The van der Waals surface area contributed by atoms with Crippen LogP contribution in [-0.4, -0.2) is 35.9 Å². The van der Waals surface area contributed by atoms with Gasteiger partial charge in [0.15, 0.2) is 5.82 Å². The van der Waals surface area contributed by atoms with Gasteiger partial charge in [-0.25, -0.2) is 4.63 Å². The number of hydrogen-bond donors (Lipinski definition) is 1. The second-order valence-corrected chi connectivity index (χ2v) is 3.00. The molecule has 0 aliphatic heterocycles. The zero-order valence-electron chi connectivity index (χ0n) is 7.45. The van der Waals surface area contributed by atoms with Gasteiger partial charge >= 0.3 is 0 Å². The maximum Gasteiger partial charge on any atom is 0.191 e. The molecule has 0 spiro atoms. The minimum atomic E-state index is 0.411. The lowest BCUT2D eigenvalue weighted by molar-refractivity contribution is 0.303. The van der Waals surface area contributed by atoms with Crippen molar-refractivity contribution in [1.29, 1.82) is 0 Å². The van der Waals surface area contributed by atoms with Crippen molar-refractivity contribution in [2.24, 2.45) is 0 Å². The molecule has 1 heterocycles. The molecule has 0 aromatic carbocycles. The average Bonchev–Trinajstić information content (AvgIpc) is 2.36. The maximum atomic E-state index is 5.48. The molecule has 5 nitrogen and oxygen atoms in total. The van der Waals surface area contributed by atoms with Crippen molar-refractivity contribution >= 4 is 5.82 Å². The first-order chi connectivity index (χ1) is 5.70. The number of rotatable bonds is 4. The van der Waals surface area contributed by atoms with Crippen LogP contribution in [0.1, 0.15) is 12.1 Å². The van der Waals surface area contributed by atoms with Crippen molar-refractivity contribution < 1.29 is 4.63 Å². The number of nitrogens with two attached hydrogens (primary N) is 1. The Morgan fingerprint density at radius 2 is 2.17 bits per heavy atom. The van der Waals surface area contributed by atoms with Gasteiger partial charge in [0.25, 0.3) is 0 Å². The lowest BCUT2D eigenvalue weighted by atomic mass is 10.2. The Hall–Kier alpha value is -1.10. The first-order valence-electron chi connectivity index (χ1n) is 3.92. The Bertz CT molecular complexity index is 233. The molecule has 0 unspecified atom stereocenters. The van der Waals surface area contributed by atoms with Crippen LogP contribution in [-0.2, 0) is 6.42 Å². The lowest BCUT2D eigenvalue weighted by Crippen LogP contribution is -2.13. The first kappa shape index (κ1) is 8.99. The van der Waals surface area contributed by atoms with E-state index in [1.807, 2.05) is 14.1 Å². The molecule has 68 valence electrons. The molecule has 1 aromatic rings. The van der Waals surface area contributed by atoms with E-state index in [-0.39, 0.29) is 0 Å². The first-order valence-corrected chi connectivity index (χ1v) is 3.92. The van der Waals surface area contributed by atoms with Crippen LogP contribution in [0.15, 0.2) is 4.63 Å². The third kappa shape index (κ3) is 2.50. The van der Waals surface area contributed by atoms with E-state index in [9.17, 15) is 0 Å². The number of anilines is 1. The second-order valence-electron chi connectivity index (χ2n) is 3.00. The van der Waals surface area contributed by atoms with Crippen LogP contribution in [0.3, 0.4) is 0 Å². The van der Waals surface area contributed by atoms with Gasteiger partial charge in [-0.2, -0.15) is 0 Å². The van der Waals surface area contributed by atoms with Crippen LogP contribution in [0.5, 0.6) is 0 Å². The molecule has 0 amide bonds. The standard InChI is InChI=1S/C7H14N4O/c1-11(2)5-3-4-6-7(8)10-12-9-6/h3-5H2,1-2H3,(H2,8,10). The smallest absolute Gasteiger partial charge is 0.191 e. The molecule has 2 N–H and O–H groups in total. The Balaban J connectivity index is 2.29. The molecule has 1 aromatic heterocycles. The van der Waals surface area contributed by atoms with Crippen molar-refractivity contribution in [3.63, 3.8) is 0 Å². The van der Waals surface area contributed by atoms with E-state index in [0.29, 0.717) is 5.82 Å². The molecule has 5 heteroatoms. The average molecular weight is 170 g/mol. The number of aryl methyl sites for hydroxylation is 1. The zero-order valence-corrected chi connectivity index (χ0v) is 7.45. The van der Waals surface area contributed by atoms with Crippen molar-refractivity contribution in [1.82, 2.24) is 15.2 Å². The molecular formula is C7H14N4O. The summed E-state index contributed by atoms with van der Waals surface area (Å²) in [5.74, 6) is 0.411. The lowest BCUT2D eigenvalue weighted by Gasteiger charge is -2.06. The van der Waals surface area contributed by atoms with Gasteiger partial charge in [-0.3, -0.25) is 0 Å². The summed E-state index contributed by atoms with van der Waals surface area (Å²) in [5.41, 5.74) is 6.24. The topological polar surface area (TPSA) is 68.2 Å². The summed E-state index contributed by atoms with van der Waals surface area (Å²) in [7, 11) is 4.06. The molecule has 0 atom stereocenters. The van der Waals surface area contributed by atoms with Crippen LogP contribution in [0, 0.1) is 0 Å². The summed E-state index contributed by atoms with van der Waals surface area (Å²) in [6, 6.07) is 0. The van der Waals surface area contributed by atoms with E-state index in [0.717, 1.165) is 25.1 Å². The quantitative estimate of drug-likeness (QED) is 0.696. The van der Waals surface area contributed by atoms with Gasteiger partial charge in [0.1, 0.15) is 5.69 Å². The highest BCUT2D eigenvalue weighted by molar-refractivity contribution is 5.30. The highest BCUT2D eigenvalue weighted by Gasteiger charge is 2.04. The number of nitrogen functional groups attached to an aromatic ring is 1. The second kappa shape index (κ2) is 4.06. The van der Waals surface area contributed by atoms with Crippen LogP contribution in [0.2, 0.25) is 0 Å². The van der Waals surface area contributed by atoms with Crippen molar-refractivity contribution in [2.75, 3.05) is 26.4 Å². The minimum Gasteiger partial charge on any atom is -0.379 e. The van der Waals surface area contributed by atoms with Gasteiger partial charge in [0.2, 0.25) is 0 Å². The van der Waals surface area contributed by atoms with Gasteiger partial charge in [0, 0.05) is 0 Å². The molecule has 1 rings (SSSR count). The maximum absolute atomic E-state index is 5.48. The fourth-order valence-corrected chi connectivity index (χ4v) is 0.950. The van der Waals surface area contributed by atoms with Crippen LogP contribution in [0.4, 0.5) is 5.82 Å². The number of nitrogens with zero attached hydrogens (tertiary/aromatic N) is 3. The predicted octanol–water partition coefficient (Wildman–Crippen LogP) is 0.146. The number of aromatic nitrogens is 2. The summed E-state index contributed by atoms with van der Waals surface area (Å²) < 4.78 is 4.46. The van der Waals surface area contributed by atoms with Crippen molar-refractivity contribution in [2.45, 2.75) is 12.8 Å². The fourth-order valence-electron chi connectivity index (χ4n) is 0.950. The zero-order chi connectivity index (χ0) is 8.97. The van der Waals surface area contributed by atoms with Crippen LogP contribution in [0.25, 0.3) is 0 Å². The van der Waals surface area contributed by atoms with Gasteiger partial charge in [-0.05, 0) is 38.6 Å². The van der Waals surface area contributed by atoms with Crippen LogP contribution >= 0.6 is 0 Å². The third-order valence-corrected chi connectivity index (χ3v) is 1.60. The van der Waals surface area contributed by atoms with Gasteiger partial charge in [-0.1, -0.05) is 5.16 Å². The molecule has 0 saturated carbocycles. The molecule has 0 radical (unpaired) electrons. The highest BCUT2D eigenvalue weighted by atomic mass is 16.6. The predicted molar refractivity (Wildman–Crippen MR) is 45.6 cm³/mol. The molecule has 12 heavy (non-hydrogen) atoms. The van der Waals surface area contributed by atoms with E-state index < -0.39 is 0 Å². The number of hydrogen-bond acceptors (Lipinski definition) is 5. The van der Waals surface area contributed by atoms with E-state index in [2.05, 4.69) is 19.8 Å². The summed E-state index contributed by atoms with van der Waals surface area (Å²) >= 11 is 0. The summed E-state index contributed by atoms with van der Waals surface area (Å²) in [4.78, 5) is 2.11. The Kier molecular flexibility index (Phi) is 3.04. The molecular weight excluding hydrogens is 156 g/mol. The molecule has 0 aliphatic carbocycles. The summed E-state index contributed by atoms with van der Waals surface area (Å²) in [5, 5.41) is 7.18. The SMILES string of the molecule is CN(C)CCCc1nonc1N. The van der Waals surface area contributed by atoms with Crippen molar-refractivity contribution in [3.05, 3.63) is 5.69 Å². The van der Waals surface area contributed by atoms with Crippen molar-refractivity contribution in [3.8, 4) is 0 Å². The normalized spacial score (nSPS) is 10.9. The van der Waals surface area contributed by atoms with E-state index in [1.165, 1.54) is 0 Å². The monoisotopic (exact) mass is 170 g/mol. The Labute approximate surface area is 71.5 Å². The van der Waals surface area contributed by atoms with E-state index in [4.69, 9.17) is 5.73 Å². The Morgan fingerprint density at radius 1 is 1.42 bits per heavy atom. The van der Waals surface area contributed by atoms with E-state index >= 15 is 0 Å². The van der Waals surface area contributed by atoms with Crippen LogP contribution < -0.4 is 5.73 Å². The molecule has 0 fully saturated rings. The largest absolute Gasteiger partial charge is 0.379 e. The molecule has 0 bridgehead atoms. The third-order valence-electron chi connectivity index (χ3n) is 1.60.